The van der Waals surface area contributed by atoms with Gasteiger partial charge in [0.2, 0.25) is 0 Å². The Balaban J connectivity index is 1.58. The van der Waals surface area contributed by atoms with Gasteiger partial charge in [0.25, 0.3) is 5.91 Å². The van der Waals surface area contributed by atoms with Crippen LogP contribution in [0.3, 0.4) is 0 Å². The molecule has 0 bridgehead atoms. The Morgan fingerprint density at radius 3 is 2.71 bits per heavy atom. The molecule has 1 amide bonds. The molecule has 0 fully saturated rings. The first-order valence-electron chi connectivity index (χ1n) is 9.32. The molecule has 0 radical (unpaired) electrons. The van der Waals surface area contributed by atoms with Crippen molar-refractivity contribution in [2.75, 3.05) is 38.8 Å². The topological polar surface area (TPSA) is 63.7 Å². The number of aromatic nitrogens is 1. The molecule has 1 aliphatic heterocycles. The van der Waals surface area contributed by atoms with E-state index in [9.17, 15) is 4.79 Å². The smallest absolute Gasteiger partial charge is 0.251 e. The van der Waals surface area contributed by atoms with Crippen molar-refractivity contribution in [1.29, 1.82) is 0 Å². The minimum absolute atomic E-state index is 0.0957. The zero-order chi connectivity index (χ0) is 19.5. The molecule has 0 spiro atoms. The highest BCUT2D eigenvalue weighted by Crippen LogP contribution is 2.35. The van der Waals surface area contributed by atoms with Gasteiger partial charge in [-0.25, -0.2) is 4.98 Å². The molecule has 144 valence electrons. The average Bonchev–Trinajstić information content (AvgIpc) is 3.14. The van der Waals surface area contributed by atoms with Crippen molar-refractivity contribution >= 4 is 28.3 Å². The second-order valence-electron chi connectivity index (χ2n) is 6.73. The van der Waals surface area contributed by atoms with E-state index in [1.54, 1.807) is 14.2 Å². The van der Waals surface area contributed by atoms with E-state index in [-0.39, 0.29) is 5.91 Å². The van der Waals surface area contributed by atoms with E-state index in [0.29, 0.717) is 18.7 Å². The number of carbonyl (C=O) groups is 1. The minimum atomic E-state index is -0.0957. The van der Waals surface area contributed by atoms with Crippen molar-refractivity contribution in [3.8, 4) is 5.75 Å². The molecule has 0 aliphatic carbocycles. The van der Waals surface area contributed by atoms with Gasteiger partial charge < -0.3 is 19.7 Å². The summed E-state index contributed by atoms with van der Waals surface area (Å²) in [5.74, 6) is 1.67. The summed E-state index contributed by atoms with van der Waals surface area (Å²) in [6, 6.07) is 15.8. The molecule has 1 aliphatic rings. The molecular weight excluding hydrogens is 354 g/mol. The number of fused-ring (bicyclic) bond motifs is 2. The van der Waals surface area contributed by atoms with Gasteiger partial charge in [0.15, 0.2) is 0 Å². The van der Waals surface area contributed by atoms with Gasteiger partial charge in [-0.3, -0.25) is 4.79 Å². The van der Waals surface area contributed by atoms with Crippen LogP contribution in [0.1, 0.15) is 15.9 Å². The van der Waals surface area contributed by atoms with Crippen LogP contribution in [0.4, 0.5) is 11.5 Å². The van der Waals surface area contributed by atoms with Crippen LogP contribution in [0, 0.1) is 0 Å². The maximum Gasteiger partial charge on any atom is 0.251 e. The first kappa shape index (κ1) is 18.3. The van der Waals surface area contributed by atoms with Crippen LogP contribution < -0.4 is 15.0 Å². The van der Waals surface area contributed by atoms with Gasteiger partial charge in [-0.1, -0.05) is 0 Å². The van der Waals surface area contributed by atoms with Crippen molar-refractivity contribution in [1.82, 2.24) is 10.3 Å². The summed E-state index contributed by atoms with van der Waals surface area (Å²) in [6.45, 7) is 1.87. The zero-order valence-corrected chi connectivity index (χ0v) is 16.1. The summed E-state index contributed by atoms with van der Waals surface area (Å²) in [6.07, 6.45) is 0.948. The van der Waals surface area contributed by atoms with Crippen LogP contribution in [0.25, 0.3) is 10.9 Å². The lowest BCUT2D eigenvalue weighted by molar-refractivity contribution is 0.0937. The van der Waals surface area contributed by atoms with E-state index in [4.69, 9.17) is 14.5 Å². The molecule has 2 heterocycles. The summed E-state index contributed by atoms with van der Waals surface area (Å²) in [5, 5.41) is 3.95. The fourth-order valence-corrected chi connectivity index (χ4v) is 3.48. The predicted molar refractivity (Wildman–Crippen MR) is 110 cm³/mol. The fraction of sp³-hybridized carbons (Fsp3) is 0.273. The van der Waals surface area contributed by atoms with Gasteiger partial charge in [-0.05, 0) is 54.4 Å². The van der Waals surface area contributed by atoms with Gasteiger partial charge in [-0.2, -0.15) is 0 Å². The molecule has 1 N–H and O–H groups in total. The number of methoxy groups -OCH3 is 2. The molecule has 2 aromatic carbocycles. The molecule has 0 saturated carbocycles. The number of anilines is 2. The third-order valence-electron chi connectivity index (χ3n) is 4.97. The Morgan fingerprint density at radius 2 is 1.96 bits per heavy atom. The number of benzene rings is 2. The molecule has 0 saturated heterocycles. The van der Waals surface area contributed by atoms with E-state index in [0.717, 1.165) is 41.1 Å². The second kappa shape index (κ2) is 7.86. The maximum absolute atomic E-state index is 12.2. The third kappa shape index (κ3) is 3.51. The predicted octanol–water partition coefficient (Wildman–Crippen LogP) is 3.31. The molecule has 6 heteroatoms. The molecule has 6 nitrogen and oxygen atoms in total. The van der Waals surface area contributed by atoms with E-state index in [1.165, 1.54) is 5.56 Å². The lowest BCUT2D eigenvalue weighted by atomic mass is 10.1. The largest absolute Gasteiger partial charge is 0.497 e. The van der Waals surface area contributed by atoms with Crippen molar-refractivity contribution in [2.45, 2.75) is 6.42 Å². The normalized spacial score (nSPS) is 12.9. The first-order chi connectivity index (χ1) is 13.7. The molecule has 28 heavy (non-hydrogen) atoms. The van der Waals surface area contributed by atoms with Crippen LogP contribution >= 0.6 is 0 Å². The minimum Gasteiger partial charge on any atom is -0.497 e. The molecule has 0 atom stereocenters. The molecule has 1 aromatic heterocycles. The standard InChI is InChI=1S/C22H23N3O3/c1-27-12-10-23-22(26)15-3-6-18(7-4-15)25-11-9-17-13-16-5-8-19(28-2)14-20(16)24-21(17)25/h3-8,13-14H,9-12H2,1-2H3,(H,23,26). The summed E-state index contributed by atoms with van der Waals surface area (Å²) >= 11 is 0. The van der Waals surface area contributed by atoms with E-state index >= 15 is 0 Å². The number of hydrogen-bond donors (Lipinski definition) is 1. The van der Waals surface area contributed by atoms with Crippen LogP contribution in [0.2, 0.25) is 0 Å². The van der Waals surface area contributed by atoms with Crippen LogP contribution in [0.5, 0.6) is 5.75 Å². The number of carbonyl (C=O) groups excluding carboxylic acids is 1. The van der Waals surface area contributed by atoms with Crippen molar-refractivity contribution in [3.63, 3.8) is 0 Å². The SMILES string of the molecule is COCCNC(=O)c1ccc(N2CCc3cc4ccc(OC)cc4nc32)cc1. The number of rotatable bonds is 6. The maximum atomic E-state index is 12.2. The number of nitrogens with one attached hydrogen (secondary N) is 1. The number of pyridine rings is 1. The first-order valence-corrected chi connectivity index (χ1v) is 9.32. The van der Waals surface area contributed by atoms with E-state index in [2.05, 4.69) is 16.3 Å². The Hall–Kier alpha value is -3.12. The number of nitrogens with zero attached hydrogens (tertiary/aromatic N) is 2. The molecule has 3 aromatic rings. The van der Waals surface area contributed by atoms with Crippen molar-refractivity contribution in [3.05, 3.63) is 59.7 Å². The third-order valence-corrected chi connectivity index (χ3v) is 4.97. The second-order valence-corrected chi connectivity index (χ2v) is 6.73. The lowest BCUT2D eigenvalue weighted by Crippen LogP contribution is -2.26. The Morgan fingerprint density at radius 1 is 1.14 bits per heavy atom. The lowest BCUT2D eigenvalue weighted by Gasteiger charge is -2.19. The van der Waals surface area contributed by atoms with Crippen LogP contribution in [-0.2, 0) is 11.2 Å². The van der Waals surface area contributed by atoms with Gasteiger partial charge in [0.1, 0.15) is 11.6 Å². The zero-order valence-electron chi connectivity index (χ0n) is 16.1. The van der Waals surface area contributed by atoms with Gasteiger partial charge in [-0.15, -0.1) is 0 Å². The van der Waals surface area contributed by atoms with E-state index < -0.39 is 0 Å². The van der Waals surface area contributed by atoms with Gasteiger partial charge in [0, 0.05) is 42.9 Å². The summed E-state index contributed by atoms with van der Waals surface area (Å²) in [7, 11) is 3.27. The monoisotopic (exact) mass is 377 g/mol. The van der Waals surface area contributed by atoms with Crippen LogP contribution in [-0.4, -0.2) is 44.8 Å². The highest BCUT2D eigenvalue weighted by molar-refractivity contribution is 5.94. The summed E-state index contributed by atoms with van der Waals surface area (Å²) in [4.78, 5) is 19.2. The van der Waals surface area contributed by atoms with Crippen molar-refractivity contribution in [2.24, 2.45) is 0 Å². The molecular formula is C22H23N3O3. The van der Waals surface area contributed by atoms with E-state index in [1.807, 2.05) is 42.5 Å². The number of amides is 1. The Kier molecular flexibility index (Phi) is 5.12. The Bertz CT molecular complexity index is 1000. The average molecular weight is 377 g/mol. The van der Waals surface area contributed by atoms with Crippen molar-refractivity contribution < 1.29 is 14.3 Å². The van der Waals surface area contributed by atoms with Gasteiger partial charge >= 0.3 is 0 Å². The molecule has 0 unspecified atom stereocenters. The highest BCUT2D eigenvalue weighted by atomic mass is 16.5. The fourth-order valence-electron chi connectivity index (χ4n) is 3.48. The number of ether oxygens (including phenoxy) is 2. The Labute approximate surface area is 164 Å². The molecule has 4 rings (SSSR count). The highest BCUT2D eigenvalue weighted by Gasteiger charge is 2.23. The van der Waals surface area contributed by atoms with Crippen LogP contribution in [0.15, 0.2) is 48.5 Å². The number of hydrogen-bond acceptors (Lipinski definition) is 5. The summed E-state index contributed by atoms with van der Waals surface area (Å²) in [5.41, 5.74) is 3.82. The quantitative estimate of drug-likeness (QED) is 0.668. The summed E-state index contributed by atoms with van der Waals surface area (Å²) < 4.78 is 10.3. The van der Waals surface area contributed by atoms with Gasteiger partial charge in [0.05, 0.1) is 19.2 Å².